The summed E-state index contributed by atoms with van der Waals surface area (Å²) in [4.78, 5) is 46.0. The lowest BCUT2D eigenvalue weighted by atomic mass is 9.89. The maximum atomic E-state index is 13.2. The van der Waals surface area contributed by atoms with Crippen molar-refractivity contribution < 1.29 is 59.3 Å². The predicted octanol–water partition coefficient (Wildman–Crippen LogP) is 0.885. The molecule has 0 radical (unpaired) electrons. The second kappa shape index (κ2) is 18.0. The summed E-state index contributed by atoms with van der Waals surface area (Å²) in [6.45, 7) is 3.42. The smallest absolute Gasteiger partial charge is 0.342 e. The van der Waals surface area contributed by atoms with Crippen molar-refractivity contribution in [3.8, 4) is 11.5 Å². The summed E-state index contributed by atoms with van der Waals surface area (Å²) < 4.78 is 11.2. The number of thioether (sulfide) groups is 1. The van der Waals surface area contributed by atoms with Crippen LogP contribution in [0.5, 0.6) is 11.5 Å². The summed E-state index contributed by atoms with van der Waals surface area (Å²) in [6, 6.07) is 1.80. The summed E-state index contributed by atoms with van der Waals surface area (Å²) in [7, 11) is 0. The van der Waals surface area contributed by atoms with E-state index >= 15 is 0 Å². The number of aliphatic hydroxyl groups is 4. The number of fused-ring (bicyclic) bond motifs is 1. The Bertz CT molecular complexity index is 1450. The van der Waals surface area contributed by atoms with Gasteiger partial charge >= 0.3 is 5.97 Å². The number of phenolic OH excluding ortho intramolecular Hbond substituents is 2. The first-order valence-corrected chi connectivity index (χ1v) is 17.7. The minimum atomic E-state index is -1.59. The van der Waals surface area contributed by atoms with Gasteiger partial charge in [0.2, 0.25) is 5.91 Å². The number of carbonyl (C=O) groups is 3. The van der Waals surface area contributed by atoms with Gasteiger partial charge in [-0.25, -0.2) is 4.79 Å². The average molecular weight is 722 g/mol. The Balaban J connectivity index is 1.51. The summed E-state index contributed by atoms with van der Waals surface area (Å²) in [5.74, 6) is -2.41. The van der Waals surface area contributed by atoms with Gasteiger partial charge in [-0.05, 0) is 57.2 Å². The number of likely N-dealkylation sites (tertiary alicyclic amines) is 1. The third kappa shape index (κ3) is 10.4. The number of rotatable bonds is 8. The normalized spacial score (nSPS) is 30.2. The second-order valence-electron chi connectivity index (χ2n) is 12.9. The van der Waals surface area contributed by atoms with E-state index in [0.29, 0.717) is 13.1 Å². The Morgan fingerprint density at radius 3 is 2.56 bits per heavy atom. The molecule has 3 aliphatic rings. The molecule has 276 valence electrons. The number of nitrogens with zero attached hydrogens (tertiary/aromatic N) is 2. The van der Waals surface area contributed by atoms with Crippen molar-refractivity contribution in [3.05, 3.63) is 47.6 Å². The molecule has 3 aliphatic heterocycles. The van der Waals surface area contributed by atoms with Crippen molar-refractivity contribution in [2.75, 3.05) is 32.1 Å². The number of aromatic hydroxyl groups is 2. The first-order chi connectivity index (χ1) is 23.8. The van der Waals surface area contributed by atoms with Gasteiger partial charge in [0.1, 0.15) is 52.5 Å². The zero-order valence-electron chi connectivity index (χ0n) is 28.1. The Morgan fingerprint density at radius 1 is 1.10 bits per heavy atom. The summed E-state index contributed by atoms with van der Waals surface area (Å²) >= 11 is 0.898. The van der Waals surface area contributed by atoms with E-state index in [1.807, 2.05) is 0 Å². The molecule has 7 unspecified atom stereocenters. The number of amides is 2. The number of oxime groups is 1. The van der Waals surface area contributed by atoms with Crippen molar-refractivity contribution in [2.45, 2.75) is 93.9 Å². The Morgan fingerprint density at radius 2 is 1.84 bits per heavy atom. The highest BCUT2D eigenvalue weighted by Gasteiger charge is 2.50. The number of hydrogen-bond donors (Lipinski definition) is 7. The van der Waals surface area contributed by atoms with Gasteiger partial charge in [-0.3, -0.25) is 9.59 Å². The van der Waals surface area contributed by atoms with E-state index in [2.05, 4.69) is 10.5 Å². The summed E-state index contributed by atoms with van der Waals surface area (Å²) in [6.07, 6.45) is 4.85. The van der Waals surface area contributed by atoms with Crippen LogP contribution < -0.4 is 5.32 Å². The number of cyclic esters (lactones) is 1. The maximum Gasteiger partial charge on any atom is 0.342 e. The number of ether oxygens (including phenoxy) is 2. The van der Waals surface area contributed by atoms with E-state index in [1.54, 1.807) is 36.1 Å². The fraction of sp³-hybridized carbons (Fsp3) is 0.588. The Hall–Kier alpha value is -3.67. The quantitative estimate of drug-likeness (QED) is 0.113. The molecule has 0 aromatic heterocycles. The van der Waals surface area contributed by atoms with Gasteiger partial charge < -0.3 is 55.2 Å². The van der Waals surface area contributed by atoms with Crippen molar-refractivity contribution in [2.24, 2.45) is 5.16 Å². The Kier molecular flexibility index (Phi) is 14.1. The highest BCUT2D eigenvalue weighted by molar-refractivity contribution is 8.00. The van der Waals surface area contributed by atoms with E-state index in [4.69, 9.17) is 14.3 Å². The summed E-state index contributed by atoms with van der Waals surface area (Å²) in [5, 5.41) is 68.4. The zero-order valence-corrected chi connectivity index (χ0v) is 29.0. The molecule has 2 amide bonds. The van der Waals surface area contributed by atoms with Gasteiger partial charge in [-0.15, -0.1) is 11.8 Å². The topological polar surface area (TPSA) is 228 Å². The van der Waals surface area contributed by atoms with Crippen molar-refractivity contribution in [1.29, 1.82) is 0 Å². The molecule has 2 saturated heterocycles. The van der Waals surface area contributed by atoms with Crippen molar-refractivity contribution in [3.63, 3.8) is 0 Å². The Labute approximate surface area is 294 Å². The van der Waals surface area contributed by atoms with Crippen LogP contribution in [0.2, 0.25) is 0 Å². The predicted molar refractivity (Wildman–Crippen MR) is 182 cm³/mol. The standard InChI is InChI=1S/C34H47N3O12S/c1-20-8-6-9-22(35-26(41)18-50-33-30(44)29(43)31(45)34(2,19-38)49-33)10-7-11-23(36-47-17-27(42)37-12-4-3-5-13-37)14-21-15-24(39)16-25(40)28(21)32(46)48-20/h6-7,9,11,15-16,20,22,29-31,33,38-40,43-45H,3-5,8,10,12-14,17-19H2,1-2H3,(H,35,41). The van der Waals surface area contributed by atoms with E-state index in [9.17, 15) is 45.0 Å². The third-order valence-corrected chi connectivity index (χ3v) is 9.82. The fourth-order valence-corrected chi connectivity index (χ4v) is 6.85. The molecule has 7 atom stereocenters. The number of aliphatic hydroxyl groups excluding tert-OH is 4. The molecule has 15 nitrogen and oxygen atoms in total. The highest BCUT2D eigenvalue weighted by atomic mass is 32.2. The molecule has 7 N–H and O–H groups in total. The molecular weight excluding hydrogens is 674 g/mol. The fourth-order valence-electron chi connectivity index (χ4n) is 5.81. The van der Waals surface area contributed by atoms with Gasteiger partial charge in [-0.1, -0.05) is 23.4 Å². The molecule has 1 aromatic rings. The lowest BCUT2D eigenvalue weighted by molar-refractivity contribution is -0.249. The average Bonchev–Trinajstić information content (AvgIpc) is 3.07. The van der Waals surface area contributed by atoms with Crippen LogP contribution in [0.25, 0.3) is 0 Å². The molecule has 0 spiro atoms. The number of benzene rings is 1. The van der Waals surface area contributed by atoms with E-state index < -0.39 is 65.7 Å². The van der Waals surface area contributed by atoms with Crippen LogP contribution in [0.1, 0.15) is 61.9 Å². The van der Waals surface area contributed by atoms with Crippen LogP contribution in [-0.2, 0) is 30.3 Å². The van der Waals surface area contributed by atoms with E-state index in [-0.39, 0.29) is 60.1 Å². The third-order valence-electron chi connectivity index (χ3n) is 8.69. The minimum Gasteiger partial charge on any atom is -0.508 e. The molecule has 0 saturated carbocycles. The number of esters is 1. The number of carbonyl (C=O) groups excluding carboxylic acids is 3. The zero-order chi connectivity index (χ0) is 36.4. The first kappa shape index (κ1) is 39.1. The summed E-state index contributed by atoms with van der Waals surface area (Å²) in [5.41, 5.74) is -2.31. The lowest BCUT2D eigenvalue weighted by Gasteiger charge is -2.46. The monoisotopic (exact) mass is 721 g/mol. The van der Waals surface area contributed by atoms with Gasteiger partial charge in [0.05, 0.1) is 24.1 Å². The molecule has 2 fully saturated rings. The molecule has 16 heteroatoms. The molecule has 1 aromatic carbocycles. The van der Waals surface area contributed by atoms with Crippen LogP contribution in [-0.4, -0.2) is 133 Å². The van der Waals surface area contributed by atoms with Gasteiger partial charge in [-0.2, -0.15) is 0 Å². The van der Waals surface area contributed by atoms with Gasteiger partial charge in [0.15, 0.2) is 6.61 Å². The number of piperidine rings is 1. The molecule has 50 heavy (non-hydrogen) atoms. The van der Waals surface area contributed by atoms with Crippen LogP contribution in [0.3, 0.4) is 0 Å². The van der Waals surface area contributed by atoms with Gasteiger partial charge in [0.25, 0.3) is 5.91 Å². The van der Waals surface area contributed by atoms with Crippen LogP contribution in [0.15, 0.2) is 41.6 Å². The largest absolute Gasteiger partial charge is 0.508 e. The molecule has 3 heterocycles. The van der Waals surface area contributed by atoms with E-state index in [0.717, 1.165) is 37.1 Å². The molecule has 0 aliphatic carbocycles. The number of allylic oxidation sites excluding steroid dienone is 1. The van der Waals surface area contributed by atoms with Crippen LogP contribution in [0.4, 0.5) is 0 Å². The van der Waals surface area contributed by atoms with Crippen LogP contribution >= 0.6 is 11.8 Å². The number of hydrogen-bond acceptors (Lipinski definition) is 14. The highest BCUT2D eigenvalue weighted by Crippen LogP contribution is 2.34. The van der Waals surface area contributed by atoms with Gasteiger partial charge in [0, 0.05) is 32.0 Å². The molecule has 0 bridgehead atoms. The molecule has 4 rings (SSSR count). The second-order valence-corrected chi connectivity index (χ2v) is 13.9. The first-order valence-electron chi connectivity index (χ1n) is 16.6. The van der Waals surface area contributed by atoms with E-state index in [1.165, 1.54) is 13.0 Å². The minimum absolute atomic E-state index is 0.0876. The number of nitrogens with one attached hydrogen (secondary N) is 1. The number of phenols is 2. The molecular formula is C34H47N3O12S. The van der Waals surface area contributed by atoms with Crippen molar-refractivity contribution in [1.82, 2.24) is 10.2 Å². The van der Waals surface area contributed by atoms with Crippen LogP contribution in [0, 0.1) is 0 Å². The lowest BCUT2D eigenvalue weighted by Crippen LogP contribution is -2.63. The SMILES string of the molecule is CC1CC=CC(NC(=O)CSC2OC(C)(CO)C(O)C(O)C2O)CC=CC(=NOCC(=O)N2CCCCC2)Cc2cc(O)cc(O)c2C(=O)O1. The maximum absolute atomic E-state index is 13.2. The van der Waals surface area contributed by atoms with Crippen molar-refractivity contribution >= 4 is 35.3 Å².